The summed E-state index contributed by atoms with van der Waals surface area (Å²) in [5, 5.41) is 0. The molecule has 0 radical (unpaired) electrons. The number of oxazole rings is 1. The number of hydrogen-bond donors (Lipinski definition) is 2. The summed E-state index contributed by atoms with van der Waals surface area (Å²) in [7, 11) is 0. The zero-order valence-corrected chi connectivity index (χ0v) is 14.3. The van der Waals surface area contributed by atoms with Crippen molar-refractivity contribution in [1.82, 2.24) is 19.9 Å². The van der Waals surface area contributed by atoms with Crippen molar-refractivity contribution in [3.63, 3.8) is 0 Å². The average Bonchev–Trinajstić information content (AvgIpc) is 3.07. The number of benzene rings is 1. The highest BCUT2D eigenvalue weighted by molar-refractivity contribution is 6.16. The zero-order chi connectivity index (χ0) is 18.9. The maximum Gasteiger partial charge on any atom is 0.292 e. The number of nitrogens with two attached hydrogens (primary N) is 2. The van der Waals surface area contributed by atoms with Gasteiger partial charge < -0.3 is 20.8 Å². The highest BCUT2D eigenvalue weighted by Gasteiger charge is 2.61. The molecule has 1 fully saturated rings. The number of nitrogens with zero attached hydrogens (tertiary/aromatic N) is 5. The van der Waals surface area contributed by atoms with Crippen LogP contribution >= 0.6 is 0 Å². The molecule has 0 atom stereocenters. The number of nitrogen functional groups attached to an aromatic ring is 2. The molecule has 2 amide bonds. The van der Waals surface area contributed by atoms with Gasteiger partial charge in [-0.2, -0.15) is 4.98 Å². The minimum Gasteiger partial charge on any atom is -0.424 e. The lowest BCUT2D eigenvalue weighted by molar-refractivity contribution is -0.142. The van der Waals surface area contributed by atoms with Crippen LogP contribution in [-0.4, -0.2) is 44.8 Å². The molecule has 27 heavy (non-hydrogen) atoms. The lowest BCUT2D eigenvalue weighted by Gasteiger charge is -2.45. The van der Waals surface area contributed by atoms with Crippen molar-refractivity contribution in [3.8, 4) is 0 Å². The second-order valence-corrected chi connectivity index (χ2v) is 6.76. The number of likely N-dealkylation sites (tertiary alicyclic amines) is 1. The topological polar surface area (TPSA) is 144 Å². The van der Waals surface area contributed by atoms with Crippen LogP contribution in [0, 0.1) is 0 Å². The first kappa shape index (κ1) is 15.6. The van der Waals surface area contributed by atoms with Crippen molar-refractivity contribution in [2.24, 2.45) is 0 Å². The van der Waals surface area contributed by atoms with Crippen molar-refractivity contribution >= 4 is 46.1 Å². The molecule has 1 saturated heterocycles. The van der Waals surface area contributed by atoms with Gasteiger partial charge in [-0.15, -0.1) is 0 Å². The molecule has 1 spiro atoms. The Hall–Kier alpha value is -3.69. The first-order chi connectivity index (χ1) is 12.9. The molecule has 10 heteroatoms. The van der Waals surface area contributed by atoms with Crippen LogP contribution in [-0.2, 0) is 15.0 Å². The van der Waals surface area contributed by atoms with Crippen LogP contribution < -0.4 is 16.4 Å². The average molecular weight is 365 g/mol. The Morgan fingerprint density at radius 2 is 2.04 bits per heavy atom. The van der Waals surface area contributed by atoms with Crippen LogP contribution in [0.2, 0.25) is 0 Å². The Balaban J connectivity index is 1.67. The molecule has 4 N–H and O–H groups in total. The smallest absolute Gasteiger partial charge is 0.292 e. The summed E-state index contributed by atoms with van der Waals surface area (Å²) in [5.41, 5.74) is 13.4. The summed E-state index contributed by atoms with van der Waals surface area (Å²) >= 11 is 0. The Labute approximate surface area is 152 Å². The number of carbonyl (C=O) groups excluding carboxylic acids is 2. The van der Waals surface area contributed by atoms with Crippen LogP contribution in [0.15, 0.2) is 28.9 Å². The van der Waals surface area contributed by atoms with E-state index in [1.54, 1.807) is 23.1 Å². The molecule has 0 unspecified atom stereocenters. The summed E-state index contributed by atoms with van der Waals surface area (Å²) in [6.07, 6.45) is 1.34. The van der Waals surface area contributed by atoms with Crippen LogP contribution in [0.5, 0.6) is 0 Å². The largest absolute Gasteiger partial charge is 0.424 e. The standard InChI is InChI=1S/C17H15N7O3/c1-8(25)23-5-17(6-23)13-12(14(18)21-7-20-13)24(15(17)26)9-2-3-11-10(4-9)22-16(19)27-11/h2-4,7H,5-6H2,1H3,(H2,19,22)(H2,18,20,21). The third kappa shape index (κ3) is 1.92. The minimum absolute atomic E-state index is 0.0470. The third-order valence-electron chi connectivity index (χ3n) is 5.15. The molecule has 0 bridgehead atoms. The van der Waals surface area contributed by atoms with E-state index >= 15 is 0 Å². The lowest BCUT2D eigenvalue weighted by Crippen LogP contribution is -2.64. The van der Waals surface area contributed by atoms with Gasteiger partial charge in [0.1, 0.15) is 22.9 Å². The van der Waals surface area contributed by atoms with E-state index in [-0.39, 0.29) is 36.7 Å². The van der Waals surface area contributed by atoms with Gasteiger partial charge in [-0.3, -0.25) is 14.5 Å². The van der Waals surface area contributed by atoms with E-state index < -0.39 is 5.41 Å². The van der Waals surface area contributed by atoms with Crippen LogP contribution in [0.3, 0.4) is 0 Å². The molecule has 2 aliphatic rings. The van der Waals surface area contributed by atoms with Gasteiger partial charge in [0.2, 0.25) is 11.8 Å². The van der Waals surface area contributed by atoms with Crippen LogP contribution in [0.1, 0.15) is 12.6 Å². The molecule has 1 aromatic carbocycles. The number of fused-ring (bicyclic) bond motifs is 3. The second kappa shape index (κ2) is 4.93. The molecular weight excluding hydrogens is 350 g/mol. The number of hydrogen-bond acceptors (Lipinski definition) is 8. The van der Waals surface area contributed by atoms with Crippen molar-refractivity contribution in [1.29, 1.82) is 0 Å². The lowest BCUT2D eigenvalue weighted by atomic mass is 9.77. The summed E-state index contributed by atoms with van der Waals surface area (Å²) in [6, 6.07) is 5.16. The second-order valence-electron chi connectivity index (χ2n) is 6.76. The Morgan fingerprint density at radius 1 is 1.26 bits per heavy atom. The maximum absolute atomic E-state index is 13.4. The van der Waals surface area contributed by atoms with E-state index in [0.717, 1.165) is 0 Å². The number of amides is 2. The predicted molar refractivity (Wildman–Crippen MR) is 95.9 cm³/mol. The van der Waals surface area contributed by atoms with E-state index in [0.29, 0.717) is 28.2 Å². The molecule has 10 nitrogen and oxygen atoms in total. The molecular formula is C17H15N7O3. The monoisotopic (exact) mass is 365 g/mol. The summed E-state index contributed by atoms with van der Waals surface area (Å²) < 4.78 is 5.29. The first-order valence-corrected chi connectivity index (χ1v) is 8.28. The van der Waals surface area contributed by atoms with E-state index in [1.165, 1.54) is 18.2 Å². The molecule has 136 valence electrons. The molecule has 3 aromatic rings. The molecule has 4 heterocycles. The first-order valence-electron chi connectivity index (χ1n) is 8.28. The molecule has 5 rings (SSSR count). The third-order valence-corrected chi connectivity index (χ3v) is 5.15. The molecule has 2 aromatic heterocycles. The van der Waals surface area contributed by atoms with Gasteiger partial charge in [0, 0.05) is 20.0 Å². The van der Waals surface area contributed by atoms with Crippen LogP contribution in [0.25, 0.3) is 11.1 Å². The van der Waals surface area contributed by atoms with Crippen molar-refractivity contribution < 1.29 is 14.0 Å². The molecule has 2 aliphatic heterocycles. The van der Waals surface area contributed by atoms with Gasteiger partial charge >= 0.3 is 0 Å². The van der Waals surface area contributed by atoms with E-state index in [2.05, 4.69) is 15.0 Å². The maximum atomic E-state index is 13.4. The quantitative estimate of drug-likeness (QED) is 0.636. The Kier molecular flexibility index (Phi) is 2.84. The van der Waals surface area contributed by atoms with E-state index in [4.69, 9.17) is 15.9 Å². The van der Waals surface area contributed by atoms with Gasteiger partial charge in [-0.1, -0.05) is 0 Å². The fourth-order valence-corrected chi connectivity index (χ4v) is 3.81. The SMILES string of the molecule is CC(=O)N1CC2(C1)C(=O)N(c1ccc3oc(N)nc3c1)c1c(N)ncnc12. The summed E-state index contributed by atoms with van der Waals surface area (Å²) in [4.78, 5) is 40.7. The number of anilines is 4. The Morgan fingerprint density at radius 3 is 2.78 bits per heavy atom. The molecule has 0 aliphatic carbocycles. The minimum atomic E-state index is -0.907. The summed E-state index contributed by atoms with van der Waals surface area (Å²) in [5.74, 6) is -0.0841. The van der Waals surface area contributed by atoms with E-state index in [9.17, 15) is 9.59 Å². The number of carbonyl (C=O) groups is 2. The highest BCUT2D eigenvalue weighted by Crippen LogP contribution is 2.50. The Bertz CT molecular complexity index is 1130. The number of aromatic nitrogens is 3. The number of rotatable bonds is 1. The van der Waals surface area contributed by atoms with Crippen molar-refractivity contribution in [2.75, 3.05) is 29.5 Å². The normalized spacial score (nSPS) is 17.4. The fraction of sp³-hybridized carbons (Fsp3) is 0.235. The predicted octanol–water partition coefficient (Wildman–Crippen LogP) is 0.560. The van der Waals surface area contributed by atoms with Gasteiger partial charge in [-0.05, 0) is 18.2 Å². The zero-order valence-electron chi connectivity index (χ0n) is 14.3. The van der Waals surface area contributed by atoms with Gasteiger partial charge in [0.15, 0.2) is 11.4 Å². The van der Waals surface area contributed by atoms with Gasteiger partial charge in [0.25, 0.3) is 6.01 Å². The van der Waals surface area contributed by atoms with Crippen molar-refractivity contribution in [2.45, 2.75) is 12.3 Å². The molecule has 0 saturated carbocycles. The fourth-order valence-electron chi connectivity index (χ4n) is 3.81. The van der Waals surface area contributed by atoms with Gasteiger partial charge in [0.05, 0.1) is 11.4 Å². The van der Waals surface area contributed by atoms with Crippen LogP contribution in [0.4, 0.5) is 23.2 Å². The van der Waals surface area contributed by atoms with Gasteiger partial charge in [-0.25, -0.2) is 9.97 Å². The van der Waals surface area contributed by atoms with E-state index in [1.807, 2.05) is 0 Å². The summed E-state index contributed by atoms with van der Waals surface area (Å²) in [6.45, 7) is 2.00. The van der Waals surface area contributed by atoms with Crippen molar-refractivity contribution in [3.05, 3.63) is 30.2 Å². The highest BCUT2D eigenvalue weighted by atomic mass is 16.4.